The lowest BCUT2D eigenvalue weighted by molar-refractivity contribution is 0.181. The van der Waals surface area contributed by atoms with Gasteiger partial charge >= 0.3 is 0 Å². The standard InChI is InChI=1S/C12H21N3O3S/c1-3-15-8-12(6-11(15)7-13)19(16,17)14(2)10-4-5-18-9-10/h6,8,10H,3-5,7,9,13H2,1-2H3. The molecular formula is C12H21N3O3S. The first-order valence-corrected chi connectivity index (χ1v) is 7.89. The molecule has 1 aliphatic heterocycles. The summed E-state index contributed by atoms with van der Waals surface area (Å²) in [6.07, 6.45) is 2.40. The van der Waals surface area contributed by atoms with E-state index in [1.807, 2.05) is 11.5 Å². The Hall–Kier alpha value is -0.890. The molecule has 6 nitrogen and oxygen atoms in total. The third-order valence-electron chi connectivity index (χ3n) is 3.61. The van der Waals surface area contributed by atoms with Crippen molar-refractivity contribution in [2.75, 3.05) is 20.3 Å². The summed E-state index contributed by atoms with van der Waals surface area (Å²) < 4.78 is 33.6. The van der Waals surface area contributed by atoms with Crippen LogP contribution in [-0.2, 0) is 27.8 Å². The highest BCUT2D eigenvalue weighted by Gasteiger charge is 2.31. The summed E-state index contributed by atoms with van der Waals surface area (Å²) in [6.45, 7) is 4.09. The summed E-state index contributed by atoms with van der Waals surface area (Å²) in [7, 11) is -1.86. The van der Waals surface area contributed by atoms with Crippen LogP contribution in [0, 0.1) is 0 Å². The Morgan fingerprint density at radius 3 is 2.79 bits per heavy atom. The highest BCUT2D eigenvalue weighted by Crippen LogP contribution is 2.22. The molecule has 0 amide bonds. The van der Waals surface area contributed by atoms with Crippen molar-refractivity contribution in [1.29, 1.82) is 0 Å². The van der Waals surface area contributed by atoms with E-state index in [-0.39, 0.29) is 6.04 Å². The zero-order valence-electron chi connectivity index (χ0n) is 11.4. The molecule has 2 N–H and O–H groups in total. The Balaban J connectivity index is 2.30. The largest absolute Gasteiger partial charge is 0.380 e. The molecule has 1 atom stereocenters. The van der Waals surface area contributed by atoms with Crippen LogP contribution in [0.2, 0.25) is 0 Å². The van der Waals surface area contributed by atoms with Crippen LogP contribution in [0.3, 0.4) is 0 Å². The second-order valence-electron chi connectivity index (χ2n) is 4.70. The lowest BCUT2D eigenvalue weighted by Gasteiger charge is -2.21. The molecule has 0 saturated carbocycles. The molecular weight excluding hydrogens is 266 g/mol. The van der Waals surface area contributed by atoms with Crippen molar-refractivity contribution in [3.05, 3.63) is 18.0 Å². The quantitative estimate of drug-likeness (QED) is 0.849. The molecule has 1 unspecified atom stereocenters. The average molecular weight is 287 g/mol. The highest BCUT2D eigenvalue weighted by molar-refractivity contribution is 7.89. The maximum absolute atomic E-state index is 12.5. The molecule has 1 saturated heterocycles. The number of aromatic nitrogens is 1. The average Bonchev–Trinajstić information content (AvgIpc) is 3.06. The van der Waals surface area contributed by atoms with E-state index in [1.54, 1.807) is 19.3 Å². The Bertz CT molecular complexity index is 511. The summed E-state index contributed by atoms with van der Waals surface area (Å²) >= 11 is 0. The summed E-state index contributed by atoms with van der Waals surface area (Å²) in [5, 5.41) is 0. The van der Waals surface area contributed by atoms with Crippen molar-refractivity contribution in [2.24, 2.45) is 5.73 Å². The number of nitrogens with two attached hydrogens (primary N) is 1. The van der Waals surface area contributed by atoms with E-state index in [9.17, 15) is 8.42 Å². The zero-order valence-corrected chi connectivity index (χ0v) is 12.2. The van der Waals surface area contributed by atoms with Gasteiger partial charge in [-0.3, -0.25) is 0 Å². The number of ether oxygens (including phenoxy) is 1. The van der Waals surface area contributed by atoms with Gasteiger partial charge in [0.25, 0.3) is 0 Å². The number of hydrogen-bond donors (Lipinski definition) is 1. The van der Waals surface area contributed by atoms with Crippen LogP contribution in [0.25, 0.3) is 0 Å². The van der Waals surface area contributed by atoms with Crippen LogP contribution in [0.15, 0.2) is 17.2 Å². The zero-order chi connectivity index (χ0) is 14.0. The molecule has 2 rings (SSSR count). The minimum atomic E-state index is -3.47. The van der Waals surface area contributed by atoms with Crippen LogP contribution < -0.4 is 5.73 Å². The van der Waals surface area contributed by atoms with E-state index < -0.39 is 10.0 Å². The number of hydrogen-bond acceptors (Lipinski definition) is 4. The lowest BCUT2D eigenvalue weighted by atomic mass is 10.3. The van der Waals surface area contributed by atoms with Gasteiger partial charge in [-0.2, -0.15) is 4.31 Å². The van der Waals surface area contributed by atoms with Gasteiger partial charge in [0.2, 0.25) is 10.0 Å². The van der Waals surface area contributed by atoms with E-state index in [2.05, 4.69) is 0 Å². The molecule has 0 aliphatic carbocycles. The predicted octanol–water partition coefficient (Wildman–Crippen LogP) is 0.376. The Kier molecular flexibility index (Phi) is 4.29. The van der Waals surface area contributed by atoms with Crippen LogP contribution in [0.1, 0.15) is 19.0 Å². The fraction of sp³-hybridized carbons (Fsp3) is 0.667. The Morgan fingerprint density at radius 2 is 2.32 bits per heavy atom. The van der Waals surface area contributed by atoms with Crippen LogP contribution in [0.5, 0.6) is 0 Å². The maximum atomic E-state index is 12.5. The predicted molar refractivity (Wildman–Crippen MR) is 72.2 cm³/mol. The Morgan fingerprint density at radius 1 is 1.58 bits per heavy atom. The summed E-state index contributed by atoms with van der Waals surface area (Å²) in [6, 6.07) is 1.59. The van der Waals surface area contributed by atoms with E-state index in [0.29, 0.717) is 31.2 Å². The Labute approximate surface area is 114 Å². The molecule has 108 valence electrons. The molecule has 0 spiro atoms. The maximum Gasteiger partial charge on any atom is 0.244 e. The van der Waals surface area contributed by atoms with Crippen LogP contribution in [-0.4, -0.2) is 43.6 Å². The van der Waals surface area contributed by atoms with E-state index >= 15 is 0 Å². The third-order valence-corrected chi connectivity index (χ3v) is 5.48. The van der Waals surface area contributed by atoms with Crippen molar-refractivity contribution < 1.29 is 13.2 Å². The van der Waals surface area contributed by atoms with Gasteiger partial charge in [0.1, 0.15) is 4.90 Å². The number of nitrogens with zero attached hydrogens (tertiary/aromatic N) is 2. The lowest BCUT2D eigenvalue weighted by Crippen LogP contribution is -2.37. The van der Waals surface area contributed by atoms with Gasteiger partial charge in [0.05, 0.1) is 12.6 Å². The molecule has 1 fully saturated rings. The fourth-order valence-electron chi connectivity index (χ4n) is 2.30. The molecule has 1 aliphatic rings. The third kappa shape index (κ3) is 2.69. The first kappa shape index (κ1) is 14.5. The number of likely N-dealkylation sites (N-methyl/N-ethyl adjacent to an activating group) is 1. The van der Waals surface area contributed by atoms with Crippen molar-refractivity contribution in [1.82, 2.24) is 8.87 Å². The van der Waals surface area contributed by atoms with E-state index in [4.69, 9.17) is 10.5 Å². The van der Waals surface area contributed by atoms with Gasteiger partial charge < -0.3 is 15.0 Å². The monoisotopic (exact) mass is 287 g/mol. The number of aryl methyl sites for hydroxylation is 1. The van der Waals surface area contributed by atoms with Gasteiger partial charge in [-0.05, 0) is 19.4 Å². The summed E-state index contributed by atoms with van der Waals surface area (Å²) in [4.78, 5) is 0.309. The first-order chi connectivity index (χ1) is 9.00. The van der Waals surface area contributed by atoms with Gasteiger partial charge in [-0.15, -0.1) is 0 Å². The van der Waals surface area contributed by atoms with Crippen LogP contribution in [0.4, 0.5) is 0 Å². The van der Waals surface area contributed by atoms with Crippen molar-refractivity contribution in [3.63, 3.8) is 0 Å². The second-order valence-corrected chi connectivity index (χ2v) is 6.69. The van der Waals surface area contributed by atoms with E-state index in [1.165, 1.54) is 4.31 Å². The number of sulfonamides is 1. The SMILES string of the molecule is CCn1cc(S(=O)(=O)N(C)C2CCOC2)cc1CN. The second kappa shape index (κ2) is 5.62. The molecule has 19 heavy (non-hydrogen) atoms. The smallest absolute Gasteiger partial charge is 0.244 e. The first-order valence-electron chi connectivity index (χ1n) is 6.45. The summed E-state index contributed by atoms with van der Waals surface area (Å²) in [5.74, 6) is 0. The van der Waals surface area contributed by atoms with Crippen molar-refractivity contribution in [2.45, 2.75) is 37.4 Å². The van der Waals surface area contributed by atoms with Gasteiger partial charge in [0.15, 0.2) is 0 Å². The van der Waals surface area contributed by atoms with Gasteiger partial charge in [-0.1, -0.05) is 0 Å². The minimum absolute atomic E-state index is 0.0729. The van der Waals surface area contributed by atoms with Crippen molar-refractivity contribution >= 4 is 10.0 Å². The summed E-state index contributed by atoms with van der Waals surface area (Å²) in [5.41, 5.74) is 6.46. The molecule has 1 aromatic rings. The topological polar surface area (TPSA) is 77.6 Å². The molecule has 1 aromatic heterocycles. The number of rotatable bonds is 5. The molecule has 0 bridgehead atoms. The molecule has 0 radical (unpaired) electrons. The van der Waals surface area contributed by atoms with E-state index in [0.717, 1.165) is 12.1 Å². The molecule has 2 heterocycles. The fourth-order valence-corrected chi connectivity index (χ4v) is 3.74. The van der Waals surface area contributed by atoms with Gasteiger partial charge in [0, 0.05) is 38.6 Å². The molecule has 0 aromatic carbocycles. The molecule has 7 heteroatoms. The highest BCUT2D eigenvalue weighted by atomic mass is 32.2. The van der Waals surface area contributed by atoms with Crippen LogP contribution >= 0.6 is 0 Å². The van der Waals surface area contributed by atoms with Crippen molar-refractivity contribution in [3.8, 4) is 0 Å². The minimum Gasteiger partial charge on any atom is -0.380 e. The normalized spacial score (nSPS) is 20.3. The van der Waals surface area contributed by atoms with Gasteiger partial charge in [-0.25, -0.2) is 8.42 Å².